The number of carboxylic acids is 1. The Morgan fingerprint density at radius 3 is 1.68 bits per heavy atom. The molecule has 59 heavy (non-hydrogen) atoms. The van der Waals surface area contributed by atoms with E-state index in [4.69, 9.17) is 38.3 Å². The Hall–Kier alpha value is -4.32. The number of amides is 3. The molecule has 17 heteroatoms. The lowest BCUT2D eigenvalue weighted by Gasteiger charge is -2.24. The summed E-state index contributed by atoms with van der Waals surface area (Å²) in [5, 5.41) is 16.6. The van der Waals surface area contributed by atoms with Crippen LogP contribution in [0.5, 0.6) is 5.75 Å². The van der Waals surface area contributed by atoms with Gasteiger partial charge in [-0.05, 0) is 85.1 Å². The van der Waals surface area contributed by atoms with E-state index in [1.165, 1.54) is 0 Å². The smallest absolute Gasteiger partial charge is 0.338 e. The van der Waals surface area contributed by atoms with E-state index >= 15 is 0 Å². The molecule has 0 aliphatic rings. The van der Waals surface area contributed by atoms with Crippen molar-refractivity contribution in [3.05, 3.63) is 29.8 Å². The van der Waals surface area contributed by atoms with Crippen molar-refractivity contribution in [2.24, 2.45) is 0 Å². The summed E-state index contributed by atoms with van der Waals surface area (Å²) in [4.78, 5) is 72.4. The Morgan fingerprint density at radius 2 is 1.10 bits per heavy atom. The van der Waals surface area contributed by atoms with Gasteiger partial charge in [0.1, 0.15) is 36.2 Å². The number of carbonyl (C=O) groups is 6. The number of esters is 2. The summed E-state index contributed by atoms with van der Waals surface area (Å²) in [5.74, 6) is -2.20. The van der Waals surface area contributed by atoms with Gasteiger partial charge < -0.3 is 54.2 Å². The second-order valence-electron chi connectivity index (χ2n) is 15.7. The average Bonchev–Trinajstić information content (AvgIpc) is 3.14. The van der Waals surface area contributed by atoms with Gasteiger partial charge in [-0.2, -0.15) is 0 Å². The fourth-order valence-corrected chi connectivity index (χ4v) is 5.08. The van der Waals surface area contributed by atoms with Crippen molar-refractivity contribution >= 4 is 35.6 Å². The highest BCUT2D eigenvalue weighted by molar-refractivity contribution is 5.89. The lowest BCUT2D eigenvalue weighted by Crippen LogP contribution is -2.44. The molecule has 0 spiro atoms. The standard InChI is InChI=1S/C42H69N3O14/c1-41(2,3)58-39(51)32-15-17-33(18-16-32)57-23-13-11-9-7-8-10-12-14-36(47)45-34(40(52)59-42(4,5)6)19-20-35(46)43-21-24-53-26-28-55-30-37(48)44-22-25-54-27-29-56-31-38(49)50/h15-18,34H,7-14,19-31H2,1-6H3,(H,43,46)(H,44,48)(H,45,47)(H,49,50)/t34-/m0/s1. The molecule has 0 unspecified atom stereocenters. The Balaban J connectivity index is 2.17. The fraction of sp³-hybridized carbons (Fsp3) is 0.714. The van der Waals surface area contributed by atoms with Crippen molar-refractivity contribution in [1.29, 1.82) is 0 Å². The van der Waals surface area contributed by atoms with Crippen LogP contribution in [0.4, 0.5) is 0 Å². The highest BCUT2D eigenvalue weighted by Crippen LogP contribution is 2.17. The first-order valence-corrected chi connectivity index (χ1v) is 20.5. The average molecular weight is 840 g/mol. The Bertz CT molecular complexity index is 1380. The molecule has 1 aromatic carbocycles. The minimum atomic E-state index is -1.05. The summed E-state index contributed by atoms with van der Waals surface area (Å²) >= 11 is 0. The van der Waals surface area contributed by atoms with E-state index in [1.54, 1.807) is 45.0 Å². The van der Waals surface area contributed by atoms with Gasteiger partial charge in [0.2, 0.25) is 17.7 Å². The van der Waals surface area contributed by atoms with Crippen molar-refractivity contribution in [3.63, 3.8) is 0 Å². The van der Waals surface area contributed by atoms with Crippen molar-refractivity contribution in [1.82, 2.24) is 16.0 Å². The largest absolute Gasteiger partial charge is 0.494 e. The second kappa shape index (κ2) is 30.7. The van der Waals surface area contributed by atoms with Crippen LogP contribution in [-0.2, 0) is 52.4 Å². The number of hydrogen-bond acceptors (Lipinski definition) is 13. The van der Waals surface area contributed by atoms with Gasteiger partial charge in [-0.15, -0.1) is 0 Å². The normalized spacial score (nSPS) is 12.0. The third kappa shape index (κ3) is 31.3. The predicted molar refractivity (Wildman–Crippen MR) is 218 cm³/mol. The molecule has 0 aliphatic carbocycles. The van der Waals surface area contributed by atoms with E-state index in [0.717, 1.165) is 38.5 Å². The van der Waals surface area contributed by atoms with Gasteiger partial charge in [-0.3, -0.25) is 14.4 Å². The van der Waals surface area contributed by atoms with Crippen molar-refractivity contribution < 1.29 is 67.0 Å². The first kappa shape index (κ1) is 52.7. The first-order valence-electron chi connectivity index (χ1n) is 20.5. The molecule has 17 nitrogen and oxygen atoms in total. The summed E-state index contributed by atoms with van der Waals surface area (Å²) < 4.78 is 37.4. The lowest BCUT2D eigenvalue weighted by atomic mass is 10.1. The molecule has 0 heterocycles. The number of unbranched alkanes of at least 4 members (excludes halogenated alkanes) is 6. The van der Waals surface area contributed by atoms with Crippen molar-refractivity contribution in [2.45, 2.75) is 123 Å². The molecule has 336 valence electrons. The Morgan fingerprint density at radius 1 is 0.576 bits per heavy atom. The number of ether oxygens (including phenoxy) is 7. The molecule has 4 N–H and O–H groups in total. The predicted octanol–water partition coefficient (Wildman–Crippen LogP) is 4.13. The number of aliphatic carboxylic acids is 1. The van der Waals surface area contributed by atoms with E-state index in [1.807, 2.05) is 20.8 Å². The van der Waals surface area contributed by atoms with Crippen LogP contribution in [-0.4, -0.2) is 131 Å². The number of nitrogens with one attached hydrogen (secondary N) is 3. The van der Waals surface area contributed by atoms with Gasteiger partial charge in [0.05, 0.1) is 51.8 Å². The molecule has 0 bridgehead atoms. The molecule has 0 aromatic heterocycles. The van der Waals surface area contributed by atoms with Crippen LogP contribution >= 0.6 is 0 Å². The topological polar surface area (TPSA) is 223 Å². The molecular formula is C42H69N3O14. The van der Waals surface area contributed by atoms with Crippen LogP contribution in [0.1, 0.15) is 116 Å². The van der Waals surface area contributed by atoms with Crippen molar-refractivity contribution in [2.75, 3.05) is 72.6 Å². The lowest BCUT2D eigenvalue weighted by molar-refractivity contribution is -0.159. The first-order chi connectivity index (χ1) is 27.9. The summed E-state index contributed by atoms with van der Waals surface area (Å²) in [6.07, 6.45) is 6.90. The highest BCUT2D eigenvalue weighted by atomic mass is 16.6. The molecule has 1 aromatic rings. The zero-order valence-corrected chi connectivity index (χ0v) is 36.0. The van der Waals surface area contributed by atoms with E-state index in [9.17, 15) is 28.8 Å². The molecule has 1 rings (SSSR count). The third-order valence-corrected chi connectivity index (χ3v) is 7.83. The fourth-order valence-electron chi connectivity index (χ4n) is 5.08. The molecule has 0 radical (unpaired) electrons. The molecule has 0 fully saturated rings. The molecule has 0 saturated carbocycles. The van der Waals surface area contributed by atoms with Crippen LogP contribution in [0.3, 0.4) is 0 Å². The highest BCUT2D eigenvalue weighted by Gasteiger charge is 2.27. The van der Waals surface area contributed by atoms with E-state index in [0.29, 0.717) is 24.3 Å². The molecule has 1 atom stereocenters. The second-order valence-corrected chi connectivity index (χ2v) is 15.7. The van der Waals surface area contributed by atoms with E-state index in [-0.39, 0.29) is 109 Å². The summed E-state index contributed by atoms with van der Waals surface area (Å²) in [7, 11) is 0. The zero-order chi connectivity index (χ0) is 43.9. The quantitative estimate of drug-likeness (QED) is 0.0578. The maximum Gasteiger partial charge on any atom is 0.338 e. The minimum absolute atomic E-state index is 0.00261. The summed E-state index contributed by atoms with van der Waals surface area (Å²) in [6.45, 7) is 12.4. The van der Waals surface area contributed by atoms with Crippen LogP contribution < -0.4 is 20.7 Å². The molecular weight excluding hydrogens is 770 g/mol. The summed E-state index contributed by atoms with van der Waals surface area (Å²) in [5.41, 5.74) is -0.822. The maximum absolute atomic E-state index is 12.9. The van der Waals surface area contributed by atoms with Gasteiger partial charge in [0.15, 0.2) is 0 Å². The van der Waals surface area contributed by atoms with Gasteiger partial charge in [-0.1, -0.05) is 32.1 Å². The number of rotatable bonds is 33. The maximum atomic E-state index is 12.9. The minimum Gasteiger partial charge on any atom is -0.494 e. The Labute approximate surface area is 349 Å². The number of hydrogen-bond donors (Lipinski definition) is 4. The summed E-state index contributed by atoms with van der Waals surface area (Å²) in [6, 6.07) is 5.99. The number of benzene rings is 1. The van der Waals surface area contributed by atoms with Gasteiger partial charge in [0.25, 0.3) is 0 Å². The molecule has 0 aliphatic heterocycles. The Kier molecular flexibility index (Phi) is 27.4. The van der Waals surface area contributed by atoms with Crippen LogP contribution in [0.25, 0.3) is 0 Å². The molecule has 0 saturated heterocycles. The van der Waals surface area contributed by atoms with Crippen LogP contribution in [0.2, 0.25) is 0 Å². The SMILES string of the molecule is CC(C)(C)OC(=O)c1ccc(OCCCCCCCCCC(=O)N[C@@H](CCC(=O)NCCOCCOCC(=O)NCCOCCOCC(=O)O)C(=O)OC(C)(C)C)cc1. The van der Waals surface area contributed by atoms with Crippen molar-refractivity contribution in [3.8, 4) is 5.75 Å². The monoisotopic (exact) mass is 839 g/mol. The zero-order valence-electron chi connectivity index (χ0n) is 36.0. The van der Waals surface area contributed by atoms with E-state index < -0.39 is 29.2 Å². The number of carbonyl (C=O) groups excluding carboxylic acids is 5. The van der Waals surface area contributed by atoms with E-state index in [2.05, 4.69) is 16.0 Å². The van der Waals surface area contributed by atoms with Gasteiger partial charge in [0, 0.05) is 25.9 Å². The molecule has 3 amide bonds. The number of carboxylic acid groups (broad SMARTS) is 1. The third-order valence-electron chi connectivity index (χ3n) is 7.83. The van der Waals surface area contributed by atoms with Gasteiger partial charge in [-0.25, -0.2) is 14.4 Å². The van der Waals surface area contributed by atoms with Crippen LogP contribution in [0, 0.1) is 0 Å². The van der Waals surface area contributed by atoms with Gasteiger partial charge >= 0.3 is 17.9 Å². The van der Waals surface area contributed by atoms with Crippen LogP contribution in [0.15, 0.2) is 24.3 Å².